The third-order valence-corrected chi connectivity index (χ3v) is 5.15. The van der Waals surface area contributed by atoms with Gasteiger partial charge in [-0.1, -0.05) is 6.42 Å². The monoisotopic (exact) mass is 468 g/mol. The molecule has 1 aliphatic rings. The number of nitrogens with one attached hydrogen (secondary N) is 2. The molecule has 0 spiro atoms. The Bertz CT molecular complexity index is 631. The van der Waals surface area contributed by atoms with Gasteiger partial charge in [0.2, 0.25) is 10.0 Å². The van der Waals surface area contributed by atoms with E-state index in [1.165, 1.54) is 6.42 Å². The number of hydrogen-bond donors (Lipinski definition) is 3. The van der Waals surface area contributed by atoms with Crippen LogP contribution in [0.1, 0.15) is 19.3 Å². The minimum Gasteiger partial charge on any atom is -0.497 e. The number of benzene rings is 1. The zero-order chi connectivity index (χ0) is 16.7. The Morgan fingerprint density at radius 1 is 1.33 bits per heavy atom. The molecule has 7 nitrogen and oxygen atoms in total. The van der Waals surface area contributed by atoms with Crippen LogP contribution in [0.25, 0.3) is 0 Å². The van der Waals surface area contributed by atoms with Crippen molar-refractivity contribution in [1.29, 1.82) is 0 Å². The first kappa shape index (κ1) is 21.0. The second-order valence-electron chi connectivity index (χ2n) is 5.58. The Labute approximate surface area is 160 Å². The van der Waals surface area contributed by atoms with Crippen LogP contribution in [0, 0.1) is 5.92 Å². The van der Waals surface area contributed by atoms with E-state index in [1.54, 1.807) is 31.4 Å². The number of ether oxygens (including phenoxy) is 1. The van der Waals surface area contributed by atoms with E-state index in [-0.39, 0.29) is 42.2 Å². The van der Waals surface area contributed by atoms with E-state index < -0.39 is 10.0 Å². The number of halogens is 1. The summed E-state index contributed by atoms with van der Waals surface area (Å²) in [4.78, 5) is 4.04. The molecule has 1 aromatic rings. The van der Waals surface area contributed by atoms with Crippen molar-refractivity contribution in [2.24, 2.45) is 16.6 Å². The highest BCUT2D eigenvalue weighted by molar-refractivity contribution is 14.0. The molecule has 1 saturated carbocycles. The number of aliphatic imine (C=N–C) groups is 1. The van der Waals surface area contributed by atoms with E-state index >= 15 is 0 Å². The zero-order valence-electron chi connectivity index (χ0n) is 13.7. The molecule has 0 aromatic heterocycles. The second-order valence-corrected chi connectivity index (χ2v) is 7.51. The van der Waals surface area contributed by atoms with Crippen LogP contribution >= 0.6 is 24.0 Å². The fourth-order valence-electron chi connectivity index (χ4n) is 2.16. The summed E-state index contributed by atoms with van der Waals surface area (Å²) in [5, 5.41) is 2.90. The Morgan fingerprint density at radius 3 is 2.54 bits per heavy atom. The second kappa shape index (κ2) is 10.0. The van der Waals surface area contributed by atoms with Crippen LogP contribution in [0.3, 0.4) is 0 Å². The van der Waals surface area contributed by atoms with Crippen molar-refractivity contribution in [3.8, 4) is 5.75 Å². The van der Waals surface area contributed by atoms with Gasteiger partial charge in [0.25, 0.3) is 0 Å². The third kappa shape index (κ3) is 7.22. The van der Waals surface area contributed by atoms with Gasteiger partial charge in [-0.15, -0.1) is 24.0 Å². The van der Waals surface area contributed by atoms with Crippen LogP contribution in [0.5, 0.6) is 5.75 Å². The van der Waals surface area contributed by atoms with Crippen LogP contribution in [-0.4, -0.2) is 40.3 Å². The van der Waals surface area contributed by atoms with Crippen molar-refractivity contribution in [3.63, 3.8) is 0 Å². The molecule has 0 saturated heterocycles. The van der Waals surface area contributed by atoms with Crippen LogP contribution in [0.2, 0.25) is 0 Å². The lowest BCUT2D eigenvalue weighted by Gasteiger charge is -2.25. The highest BCUT2D eigenvalue weighted by atomic mass is 127. The van der Waals surface area contributed by atoms with Crippen molar-refractivity contribution < 1.29 is 13.2 Å². The van der Waals surface area contributed by atoms with Gasteiger partial charge in [-0.25, -0.2) is 13.1 Å². The molecule has 0 atom stereocenters. The van der Waals surface area contributed by atoms with Gasteiger partial charge in [0.1, 0.15) is 5.75 Å². The molecule has 24 heavy (non-hydrogen) atoms. The Hall–Kier alpha value is -1.07. The van der Waals surface area contributed by atoms with E-state index in [4.69, 9.17) is 10.5 Å². The van der Waals surface area contributed by atoms with Crippen molar-refractivity contribution in [2.75, 3.05) is 31.3 Å². The number of hydrogen-bond acceptors (Lipinski definition) is 4. The first-order valence-corrected chi connectivity index (χ1v) is 9.32. The van der Waals surface area contributed by atoms with E-state index in [2.05, 4.69) is 15.0 Å². The molecule has 1 aromatic carbocycles. The summed E-state index contributed by atoms with van der Waals surface area (Å²) < 4.78 is 31.4. The van der Waals surface area contributed by atoms with Gasteiger partial charge < -0.3 is 15.8 Å². The van der Waals surface area contributed by atoms with E-state index in [0.717, 1.165) is 24.3 Å². The largest absolute Gasteiger partial charge is 0.497 e. The average molecular weight is 468 g/mol. The van der Waals surface area contributed by atoms with Crippen LogP contribution in [0.4, 0.5) is 5.69 Å². The standard InChI is InChI=1S/C15H24N4O3S.HI/c1-22-14-7-5-13(6-8-14)19-15(16)17-9-10-23(20,21)18-11-12-3-2-4-12;/h5-8,12,18H,2-4,9-11H2,1H3,(H3,16,17,19);1H. The predicted octanol–water partition coefficient (Wildman–Crippen LogP) is 1.76. The lowest BCUT2D eigenvalue weighted by atomic mass is 9.86. The van der Waals surface area contributed by atoms with Gasteiger partial charge in [-0.3, -0.25) is 4.99 Å². The first-order chi connectivity index (χ1) is 11.0. The number of guanidine groups is 1. The normalized spacial score (nSPS) is 15.3. The number of rotatable bonds is 8. The van der Waals surface area contributed by atoms with Crippen molar-refractivity contribution in [2.45, 2.75) is 19.3 Å². The van der Waals surface area contributed by atoms with Gasteiger partial charge in [0, 0.05) is 12.2 Å². The quantitative estimate of drug-likeness (QED) is 0.306. The average Bonchev–Trinajstić information content (AvgIpc) is 2.46. The maximum absolute atomic E-state index is 11.8. The highest BCUT2D eigenvalue weighted by Gasteiger charge is 2.19. The lowest BCUT2D eigenvalue weighted by Crippen LogP contribution is -2.34. The molecule has 0 amide bonds. The van der Waals surface area contributed by atoms with Crippen molar-refractivity contribution in [3.05, 3.63) is 24.3 Å². The predicted molar refractivity (Wildman–Crippen MR) is 108 cm³/mol. The van der Waals surface area contributed by atoms with E-state index in [9.17, 15) is 8.42 Å². The van der Waals surface area contributed by atoms with Gasteiger partial charge in [0.15, 0.2) is 5.96 Å². The van der Waals surface area contributed by atoms with E-state index in [0.29, 0.717) is 12.5 Å². The number of anilines is 1. The number of methoxy groups -OCH3 is 1. The minimum atomic E-state index is -3.29. The van der Waals surface area contributed by atoms with Crippen LogP contribution in [-0.2, 0) is 10.0 Å². The third-order valence-electron chi connectivity index (χ3n) is 3.82. The summed E-state index contributed by atoms with van der Waals surface area (Å²) in [6.07, 6.45) is 3.42. The maximum Gasteiger partial charge on any atom is 0.213 e. The summed E-state index contributed by atoms with van der Waals surface area (Å²) >= 11 is 0. The van der Waals surface area contributed by atoms with Gasteiger partial charge in [-0.05, 0) is 43.0 Å². The molecule has 0 bridgehead atoms. The summed E-state index contributed by atoms with van der Waals surface area (Å²) in [7, 11) is -1.69. The molecule has 2 rings (SSSR count). The molecule has 0 heterocycles. The van der Waals surface area contributed by atoms with Gasteiger partial charge >= 0.3 is 0 Å². The smallest absolute Gasteiger partial charge is 0.213 e. The SMILES string of the molecule is COc1ccc(NC(N)=NCCS(=O)(=O)NCC2CCC2)cc1.I. The number of nitrogens with two attached hydrogens (primary N) is 1. The summed E-state index contributed by atoms with van der Waals surface area (Å²) in [6, 6.07) is 7.20. The molecular weight excluding hydrogens is 443 g/mol. The number of nitrogens with zero attached hydrogens (tertiary/aromatic N) is 1. The first-order valence-electron chi connectivity index (χ1n) is 7.67. The molecule has 1 fully saturated rings. The molecule has 136 valence electrons. The Balaban J connectivity index is 0.00000288. The van der Waals surface area contributed by atoms with Crippen LogP contribution in [0.15, 0.2) is 29.3 Å². The molecule has 0 radical (unpaired) electrons. The Morgan fingerprint density at radius 2 is 2.00 bits per heavy atom. The molecule has 1 aliphatic carbocycles. The topological polar surface area (TPSA) is 106 Å². The fourth-order valence-corrected chi connectivity index (χ4v) is 3.13. The van der Waals surface area contributed by atoms with Crippen LogP contribution < -0.4 is 20.5 Å². The summed E-state index contributed by atoms with van der Waals surface area (Å²) in [6.45, 7) is 0.653. The Kier molecular flexibility index (Phi) is 8.78. The molecule has 9 heteroatoms. The molecule has 0 aliphatic heterocycles. The minimum absolute atomic E-state index is 0. The highest BCUT2D eigenvalue weighted by Crippen LogP contribution is 2.25. The van der Waals surface area contributed by atoms with Gasteiger partial charge in [0.05, 0.1) is 19.4 Å². The fraction of sp³-hybridized carbons (Fsp3) is 0.533. The number of sulfonamides is 1. The lowest BCUT2D eigenvalue weighted by molar-refractivity contribution is 0.316. The molecule has 4 N–H and O–H groups in total. The van der Waals surface area contributed by atoms with Crippen molar-refractivity contribution in [1.82, 2.24) is 4.72 Å². The molecular formula is C15H25IN4O3S. The van der Waals surface area contributed by atoms with Crippen molar-refractivity contribution >= 4 is 45.6 Å². The molecule has 0 unspecified atom stereocenters. The maximum atomic E-state index is 11.8. The van der Waals surface area contributed by atoms with E-state index in [1.807, 2.05) is 0 Å². The summed E-state index contributed by atoms with van der Waals surface area (Å²) in [5.74, 6) is 1.36. The van der Waals surface area contributed by atoms with Gasteiger partial charge in [-0.2, -0.15) is 0 Å². The zero-order valence-corrected chi connectivity index (χ0v) is 16.8. The summed E-state index contributed by atoms with van der Waals surface area (Å²) in [5.41, 5.74) is 6.51.